The number of amides is 2. The van der Waals surface area contributed by atoms with E-state index in [1.165, 1.54) is 6.42 Å². The van der Waals surface area contributed by atoms with E-state index in [4.69, 9.17) is 4.42 Å². The number of hydrogen-bond acceptors (Lipinski definition) is 4. The van der Waals surface area contributed by atoms with Crippen molar-refractivity contribution in [1.82, 2.24) is 14.7 Å². The molecule has 2 aliphatic heterocycles. The lowest BCUT2D eigenvalue weighted by Crippen LogP contribution is -2.56. The number of likely N-dealkylation sites (tertiary alicyclic amines) is 1. The van der Waals surface area contributed by atoms with E-state index in [-0.39, 0.29) is 17.9 Å². The third-order valence-electron chi connectivity index (χ3n) is 5.88. The van der Waals surface area contributed by atoms with Crippen molar-refractivity contribution in [2.45, 2.75) is 32.2 Å². The molecule has 0 radical (unpaired) electrons. The highest BCUT2D eigenvalue weighted by Crippen LogP contribution is 2.27. The van der Waals surface area contributed by atoms with Gasteiger partial charge in [0.05, 0.1) is 10.5 Å². The maximum Gasteiger partial charge on any atom is 0.289 e. The predicted octanol–water partition coefficient (Wildman–Crippen LogP) is 3.35. The predicted molar refractivity (Wildman–Crippen MR) is 111 cm³/mol. The van der Waals surface area contributed by atoms with Gasteiger partial charge in [0.2, 0.25) is 5.91 Å². The Morgan fingerprint density at radius 2 is 1.71 bits per heavy atom. The number of para-hydroxylation sites is 1. The number of carbonyl (C=O) groups is 2. The van der Waals surface area contributed by atoms with Gasteiger partial charge in [0, 0.05) is 44.7 Å². The lowest BCUT2D eigenvalue weighted by Gasteiger charge is -2.39. The third kappa shape index (κ3) is 3.82. The van der Waals surface area contributed by atoms with E-state index in [2.05, 4.69) is 20.8 Å². The summed E-state index contributed by atoms with van der Waals surface area (Å²) in [4.78, 5) is 31.6. The minimum atomic E-state index is -0.127. The zero-order valence-corrected chi connectivity index (χ0v) is 17.8. The third-order valence-corrected chi connectivity index (χ3v) is 6.51. The Hall–Kier alpha value is -1.86. The molecule has 2 saturated heterocycles. The lowest BCUT2D eigenvalue weighted by atomic mass is 10.1. The van der Waals surface area contributed by atoms with E-state index in [1.54, 1.807) is 6.07 Å². The molecule has 2 aromatic rings. The summed E-state index contributed by atoms with van der Waals surface area (Å²) in [6.07, 6.45) is 3.43. The van der Waals surface area contributed by atoms with Crippen molar-refractivity contribution >= 4 is 38.7 Å². The number of benzene rings is 1. The van der Waals surface area contributed by atoms with Crippen LogP contribution in [0.2, 0.25) is 0 Å². The molecule has 0 N–H and O–H groups in total. The van der Waals surface area contributed by atoms with Gasteiger partial charge in [0.15, 0.2) is 5.76 Å². The van der Waals surface area contributed by atoms with Crippen molar-refractivity contribution < 1.29 is 14.0 Å². The molecule has 6 nitrogen and oxygen atoms in total. The zero-order chi connectivity index (χ0) is 19.7. The van der Waals surface area contributed by atoms with Crippen molar-refractivity contribution in [1.29, 1.82) is 0 Å². The Morgan fingerprint density at radius 3 is 2.39 bits per heavy atom. The summed E-state index contributed by atoms with van der Waals surface area (Å²) in [7, 11) is 0. The molecule has 1 atom stereocenters. The van der Waals surface area contributed by atoms with Crippen LogP contribution in [0.1, 0.15) is 36.7 Å². The van der Waals surface area contributed by atoms with Crippen LogP contribution in [-0.2, 0) is 4.79 Å². The Kier molecular flexibility index (Phi) is 5.73. The fourth-order valence-electron chi connectivity index (χ4n) is 4.14. The summed E-state index contributed by atoms with van der Waals surface area (Å²) in [6, 6.07) is 7.44. The number of hydrogen-bond donors (Lipinski definition) is 0. The van der Waals surface area contributed by atoms with Gasteiger partial charge in [-0.1, -0.05) is 12.1 Å². The first-order valence-corrected chi connectivity index (χ1v) is 10.8. The molecule has 7 heteroatoms. The number of carbonyl (C=O) groups excluding carboxylic acids is 2. The highest BCUT2D eigenvalue weighted by molar-refractivity contribution is 9.10. The van der Waals surface area contributed by atoms with Crippen molar-refractivity contribution in [2.75, 3.05) is 39.3 Å². The summed E-state index contributed by atoms with van der Waals surface area (Å²) in [5, 5.41) is 0.914. The molecule has 1 aromatic carbocycles. The van der Waals surface area contributed by atoms with E-state index >= 15 is 0 Å². The number of piperidine rings is 1. The second kappa shape index (κ2) is 8.25. The molecule has 2 fully saturated rings. The molecular weight excluding hydrogens is 422 g/mol. The normalized spacial score (nSPS) is 19.8. The van der Waals surface area contributed by atoms with Crippen LogP contribution < -0.4 is 0 Å². The molecule has 0 bridgehead atoms. The van der Waals surface area contributed by atoms with Crippen LogP contribution in [0.25, 0.3) is 11.0 Å². The smallest absolute Gasteiger partial charge is 0.289 e. The van der Waals surface area contributed by atoms with Crippen LogP contribution in [0.15, 0.2) is 33.2 Å². The van der Waals surface area contributed by atoms with E-state index in [1.807, 2.05) is 34.9 Å². The fourth-order valence-corrected chi connectivity index (χ4v) is 4.60. The molecule has 0 spiro atoms. The molecular formula is C21H26BrN3O3. The van der Waals surface area contributed by atoms with Crippen LogP contribution in [0.3, 0.4) is 0 Å². The van der Waals surface area contributed by atoms with Crippen molar-refractivity contribution in [3.63, 3.8) is 0 Å². The Labute approximate surface area is 173 Å². The second-order valence-electron chi connectivity index (χ2n) is 7.66. The van der Waals surface area contributed by atoms with Crippen LogP contribution >= 0.6 is 15.9 Å². The van der Waals surface area contributed by atoms with Gasteiger partial charge in [0.25, 0.3) is 5.91 Å². The molecule has 3 heterocycles. The van der Waals surface area contributed by atoms with Gasteiger partial charge < -0.3 is 14.2 Å². The highest BCUT2D eigenvalue weighted by Gasteiger charge is 2.31. The first-order valence-electron chi connectivity index (χ1n) is 10.0. The summed E-state index contributed by atoms with van der Waals surface area (Å²) in [6.45, 7) is 6.37. The fraction of sp³-hybridized carbons (Fsp3) is 0.524. The van der Waals surface area contributed by atoms with Crippen LogP contribution in [0, 0.1) is 0 Å². The van der Waals surface area contributed by atoms with Gasteiger partial charge >= 0.3 is 0 Å². The number of piperazine rings is 1. The number of halogens is 1. The number of furan rings is 1. The Bertz CT molecular complexity index is 867. The summed E-state index contributed by atoms with van der Waals surface area (Å²) in [5.74, 6) is 0.507. The van der Waals surface area contributed by atoms with E-state index in [0.717, 1.165) is 35.8 Å². The molecule has 0 saturated carbocycles. The number of nitrogens with zero attached hydrogens (tertiary/aromatic N) is 3. The SMILES string of the molecule is CC(C(=O)N1CCCCC1)N1CCN(C(=O)c2cc3cccc(Br)c3o2)CC1. The topological polar surface area (TPSA) is 57.0 Å². The monoisotopic (exact) mass is 447 g/mol. The first-order chi connectivity index (χ1) is 13.5. The van der Waals surface area contributed by atoms with Crippen molar-refractivity contribution in [3.8, 4) is 0 Å². The summed E-state index contributed by atoms with van der Waals surface area (Å²) < 4.78 is 6.64. The molecule has 0 aliphatic carbocycles. The van der Waals surface area contributed by atoms with Gasteiger partial charge in [-0.25, -0.2) is 0 Å². The van der Waals surface area contributed by atoms with E-state index < -0.39 is 0 Å². The molecule has 150 valence electrons. The van der Waals surface area contributed by atoms with Gasteiger partial charge in [-0.3, -0.25) is 14.5 Å². The second-order valence-corrected chi connectivity index (χ2v) is 8.51. The maximum absolute atomic E-state index is 12.9. The number of rotatable bonds is 3. The highest BCUT2D eigenvalue weighted by atomic mass is 79.9. The van der Waals surface area contributed by atoms with Crippen LogP contribution in [-0.4, -0.2) is 71.8 Å². The molecule has 4 rings (SSSR count). The first kappa shape index (κ1) is 19.5. The molecule has 2 aliphatic rings. The zero-order valence-electron chi connectivity index (χ0n) is 16.2. The van der Waals surface area contributed by atoms with E-state index in [9.17, 15) is 9.59 Å². The average molecular weight is 448 g/mol. The largest absolute Gasteiger partial charge is 0.450 e. The molecule has 28 heavy (non-hydrogen) atoms. The minimum Gasteiger partial charge on any atom is -0.450 e. The lowest BCUT2D eigenvalue weighted by molar-refractivity contribution is -0.137. The molecule has 2 amide bonds. The average Bonchev–Trinajstić information content (AvgIpc) is 3.19. The van der Waals surface area contributed by atoms with Gasteiger partial charge in [-0.05, 0) is 54.2 Å². The van der Waals surface area contributed by atoms with Gasteiger partial charge in [-0.15, -0.1) is 0 Å². The Morgan fingerprint density at radius 1 is 1.00 bits per heavy atom. The van der Waals surface area contributed by atoms with Gasteiger partial charge in [0.1, 0.15) is 5.58 Å². The number of fused-ring (bicyclic) bond motifs is 1. The van der Waals surface area contributed by atoms with Gasteiger partial charge in [-0.2, -0.15) is 0 Å². The van der Waals surface area contributed by atoms with Crippen molar-refractivity contribution in [3.05, 3.63) is 34.5 Å². The standard InChI is InChI=1S/C21H26BrN3O3/c1-15(20(26)24-8-3-2-4-9-24)23-10-12-25(13-11-23)21(27)18-14-16-6-5-7-17(22)19(16)28-18/h5-7,14-15H,2-4,8-13H2,1H3. The Balaban J connectivity index is 1.37. The van der Waals surface area contributed by atoms with Crippen LogP contribution in [0.4, 0.5) is 0 Å². The molecule has 1 aromatic heterocycles. The van der Waals surface area contributed by atoms with Crippen molar-refractivity contribution in [2.24, 2.45) is 0 Å². The minimum absolute atomic E-state index is 0.0854. The maximum atomic E-state index is 12.9. The quantitative estimate of drug-likeness (QED) is 0.723. The summed E-state index contributed by atoms with van der Waals surface area (Å²) in [5.41, 5.74) is 0.699. The summed E-state index contributed by atoms with van der Waals surface area (Å²) >= 11 is 3.46. The van der Waals surface area contributed by atoms with Crippen LogP contribution in [0.5, 0.6) is 0 Å². The van der Waals surface area contributed by atoms with E-state index in [0.29, 0.717) is 37.5 Å². The molecule has 1 unspecified atom stereocenters.